The van der Waals surface area contributed by atoms with Crippen LogP contribution in [0.4, 0.5) is 0 Å². The molecule has 0 aromatic carbocycles. The van der Waals surface area contributed by atoms with E-state index in [-0.39, 0.29) is 0 Å². The second-order valence-corrected chi connectivity index (χ2v) is 9.20. The van der Waals surface area contributed by atoms with E-state index in [1.807, 2.05) is 0 Å². The fraction of sp³-hybridized carbons (Fsp3) is 1.00. The zero-order chi connectivity index (χ0) is 12.6. The van der Waals surface area contributed by atoms with E-state index in [2.05, 4.69) is 13.8 Å². The molecule has 0 atom stereocenters. The van der Waals surface area contributed by atoms with Crippen LogP contribution in [0.25, 0.3) is 0 Å². The third-order valence-corrected chi connectivity index (χ3v) is 7.19. The Morgan fingerprint density at radius 2 is 1.33 bits per heavy atom. The number of nitrogens with two attached hydrogens (primary N) is 1. The number of hydrogen-bond acceptors (Lipinski definition) is 1. The van der Waals surface area contributed by atoms with Crippen molar-refractivity contribution in [1.82, 2.24) is 0 Å². The Morgan fingerprint density at radius 3 is 1.67 bits per heavy atom. The molecule has 0 amide bonds. The fourth-order valence-corrected chi connectivity index (χ4v) is 7.28. The second-order valence-electron chi connectivity index (χ2n) is 9.20. The van der Waals surface area contributed by atoms with Gasteiger partial charge in [-0.2, -0.15) is 0 Å². The summed E-state index contributed by atoms with van der Waals surface area (Å²) in [5.41, 5.74) is 8.09. The van der Waals surface area contributed by atoms with Crippen molar-refractivity contribution in [3.05, 3.63) is 0 Å². The van der Waals surface area contributed by atoms with Crippen LogP contribution in [0.15, 0.2) is 0 Å². The molecule has 0 radical (unpaired) electrons. The first-order chi connectivity index (χ1) is 8.46. The summed E-state index contributed by atoms with van der Waals surface area (Å²) in [5, 5.41) is 0. The van der Waals surface area contributed by atoms with E-state index >= 15 is 0 Å². The molecule has 0 heterocycles. The average Bonchev–Trinajstić information content (AvgIpc) is 2.23. The topological polar surface area (TPSA) is 26.0 Å². The Bertz CT molecular complexity index is 325. The smallest absolute Gasteiger partial charge is 0.00148 e. The molecule has 0 unspecified atom stereocenters. The highest BCUT2D eigenvalue weighted by molar-refractivity contribution is 5.15. The molecule has 0 spiro atoms. The van der Waals surface area contributed by atoms with Crippen LogP contribution in [0.1, 0.15) is 65.2 Å². The second kappa shape index (κ2) is 3.34. The van der Waals surface area contributed by atoms with E-state index in [4.69, 9.17) is 5.73 Å². The quantitative estimate of drug-likeness (QED) is 0.785. The van der Waals surface area contributed by atoms with Gasteiger partial charge in [-0.25, -0.2) is 0 Å². The Labute approximate surface area is 112 Å². The Hall–Kier alpha value is -0.0400. The summed E-state index contributed by atoms with van der Waals surface area (Å²) in [4.78, 5) is 0. The van der Waals surface area contributed by atoms with Crippen molar-refractivity contribution in [2.45, 2.75) is 65.2 Å². The number of rotatable bonds is 2. The van der Waals surface area contributed by atoms with Gasteiger partial charge in [-0.1, -0.05) is 13.8 Å². The van der Waals surface area contributed by atoms with Crippen molar-refractivity contribution in [3.63, 3.8) is 0 Å². The zero-order valence-electron chi connectivity index (χ0n) is 12.2. The highest BCUT2D eigenvalue weighted by Crippen LogP contribution is 2.73. The van der Waals surface area contributed by atoms with Crippen molar-refractivity contribution < 1.29 is 0 Å². The minimum Gasteiger partial charge on any atom is -0.330 e. The van der Waals surface area contributed by atoms with Gasteiger partial charge in [0, 0.05) is 0 Å². The minimum absolute atomic E-state index is 0.534. The molecule has 1 nitrogen and oxygen atoms in total. The van der Waals surface area contributed by atoms with Gasteiger partial charge in [-0.15, -0.1) is 0 Å². The lowest BCUT2D eigenvalue weighted by atomic mass is 9.35. The molecule has 2 N–H and O–H groups in total. The van der Waals surface area contributed by atoms with Gasteiger partial charge in [0.2, 0.25) is 0 Å². The summed E-state index contributed by atoms with van der Waals surface area (Å²) in [6.45, 7) is 5.85. The Balaban J connectivity index is 1.67. The monoisotopic (exact) mass is 247 g/mol. The van der Waals surface area contributed by atoms with Crippen LogP contribution in [0.3, 0.4) is 0 Å². The van der Waals surface area contributed by atoms with Crippen molar-refractivity contribution >= 4 is 0 Å². The standard InChI is InChI=1S/C17H29N/c1-15(2)9-17(10-15,11-18)16-6-12-3-13(7-16)5-14(4-12)8-16/h12-14H,3-11,18H2,1-2H3. The van der Waals surface area contributed by atoms with Crippen molar-refractivity contribution in [1.29, 1.82) is 0 Å². The van der Waals surface area contributed by atoms with Crippen molar-refractivity contribution in [2.24, 2.45) is 39.7 Å². The largest absolute Gasteiger partial charge is 0.330 e. The van der Waals surface area contributed by atoms with Gasteiger partial charge in [0.25, 0.3) is 0 Å². The third-order valence-electron chi connectivity index (χ3n) is 7.19. The Morgan fingerprint density at radius 1 is 0.889 bits per heavy atom. The van der Waals surface area contributed by atoms with Crippen molar-refractivity contribution in [2.75, 3.05) is 6.54 Å². The molecule has 5 aliphatic carbocycles. The maximum absolute atomic E-state index is 6.31. The van der Waals surface area contributed by atoms with E-state index in [1.54, 1.807) is 19.3 Å². The van der Waals surface area contributed by atoms with Crippen LogP contribution in [-0.2, 0) is 0 Å². The molecular formula is C17H29N. The highest BCUT2D eigenvalue weighted by atomic mass is 14.8. The van der Waals surface area contributed by atoms with Gasteiger partial charge in [-0.05, 0) is 91.9 Å². The van der Waals surface area contributed by atoms with Gasteiger partial charge >= 0.3 is 0 Å². The summed E-state index contributed by atoms with van der Waals surface area (Å²) < 4.78 is 0. The van der Waals surface area contributed by atoms with Crippen molar-refractivity contribution in [3.8, 4) is 0 Å². The van der Waals surface area contributed by atoms with Gasteiger partial charge < -0.3 is 5.73 Å². The molecule has 18 heavy (non-hydrogen) atoms. The lowest BCUT2D eigenvalue weighted by Gasteiger charge is -2.70. The van der Waals surface area contributed by atoms with Gasteiger partial charge in [0.05, 0.1) is 0 Å². The molecule has 0 saturated heterocycles. The molecule has 4 bridgehead atoms. The summed E-state index contributed by atoms with van der Waals surface area (Å²) >= 11 is 0. The fourth-order valence-electron chi connectivity index (χ4n) is 7.28. The first-order valence-corrected chi connectivity index (χ1v) is 8.16. The summed E-state index contributed by atoms with van der Waals surface area (Å²) in [7, 11) is 0. The molecule has 5 rings (SSSR count). The molecular weight excluding hydrogens is 218 g/mol. The normalized spacial score (nSPS) is 51.2. The van der Waals surface area contributed by atoms with Crippen LogP contribution in [0.2, 0.25) is 0 Å². The predicted octanol–water partition coefficient (Wildman–Crippen LogP) is 3.97. The summed E-state index contributed by atoms with van der Waals surface area (Å²) in [5.74, 6) is 3.22. The van der Waals surface area contributed by atoms with Crippen LogP contribution < -0.4 is 5.73 Å². The van der Waals surface area contributed by atoms with Gasteiger partial charge in [0.15, 0.2) is 0 Å². The molecule has 5 fully saturated rings. The summed E-state index contributed by atoms with van der Waals surface area (Å²) in [6, 6.07) is 0. The molecule has 1 heteroatoms. The lowest BCUT2D eigenvalue weighted by Crippen LogP contribution is -2.63. The maximum Gasteiger partial charge on any atom is -0.00148 e. The first kappa shape index (κ1) is 11.8. The molecule has 5 saturated carbocycles. The maximum atomic E-state index is 6.31. The Kier molecular flexibility index (Phi) is 2.18. The van der Waals surface area contributed by atoms with Gasteiger partial charge in [0.1, 0.15) is 0 Å². The molecule has 5 aliphatic rings. The van der Waals surface area contributed by atoms with E-state index in [9.17, 15) is 0 Å². The average molecular weight is 247 g/mol. The lowest BCUT2D eigenvalue weighted by molar-refractivity contribution is -0.194. The van der Waals surface area contributed by atoms with Gasteiger partial charge in [-0.3, -0.25) is 0 Å². The first-order valence-electron chi connectivity index (χ1n) is 8.16. The van der Waals surface area contributed by atoms with E-state index in [0.717, 1.165) is 24.3 Å². The van der Waals surface area contributed by atoms with E-state index in [0.29, 0.717) is 16.2 Å². The zero-order valence-corrected chi connectivity index (χ0v) is 12.2. The van der Waals surface area contributed by atoms with E-state index in [1.165, 1.54) is 32.1 Å². The van der Waals surface area contributed by atoms with Crippen LogP contribution >= 0.6 is 0 Å². The third kappa shape index (κ3) is 1.38. The highest BCUT2D eigenvalue weighted by Gasteiger charge is 2.64. The van der Waals surface area contributed by atoms with Crippen LogP contribution in [0, 0.1) is 34.0 Å². The van der Waals surface area contributed by atoms with Crippen LogP contribution in [0.5, 0.6) is 0 Å². The molecule has 0 aromatic rings. The van der Waals surface area contributed by atoms with E-state index < -0.39 is 0 Å². The predicted molar refractivity (Wildman–Crippen MR) is 75.1 cm³/mol. The molecule has 0 aromatic heterocycles. The molecule has 0 aliphatic heterocycles. The number of hydrogen-bond donors (Lipinski definition) is 1. The summed E-state index contributed by atoms with van der Waals surface area (Å²) in [6.07, 6.45) is 12.1. The SMILES string of the molecule is CC1(C)CC(CN)(C23CC4CC(CC(C4)C2)C3)C1. The minimum atomic E-state index is 0.534. The molecule has 102 valence electrons. The van der Waals surface area contributed by atoms with Crippen LogP contribution in [-0.4, -0.2) is 6.54 Å².